The van der Waals surface area contributed by atoms with E-state index in [1.807, 2.05) is 0 Å². The maximum Gasteiger partial charge on any atom is 0.361 e. The van der Waals surface area contributed by atoms with E-state index in [-0.39, 0.29) is 5.56 Å². The molecular weight excluding hydrogens is 299 g/mol. The van der Waals surface area contributed by atoms with Gasteiger partial charge in [0, 0.05) is 5.56 Å². The van der Waals surface area contributed by atoms with E-state index in [1.165, 1.54) is 13.0 Å². The van der Waals surface area contributed by atoms with Crippen molar-refractivity contribution in [1.29, 1.82) is 0 Å². The zero-order chi connectivity index (χ0) is 14.4. The summed E-state index contributed by atoms with van der Waals surface area (Å²) in [5, 5.41) is 9.31. The lowest BCUT2D eigenvalue weighted by Crippen LogP contribution is -2.52. The third-order valence-electron chi connectivity index (χ3n) is 2.36. The molecule has 0 fully saturated rings. The number of phenolic OH excluding ortho intramolecular Hbond substituents is 1. The molecule has 0 bridgehead atoms. The fraction of sp³-hybridized carbons (Fsp3) is 0.400. The summed E-state index contributed by atoms with van der Waals surface area (Å²) in [5.41, 5.74) is -5.13. The molecule has 102 valence electrons. The van der Waals surface area contributed by atoms with Crippen LogP contribution in [-0.2, 0) is 5.60 Å². The minimum absolute atomic E-state index is 0.253. The molecular formula is C10H8Cl2F4O2. The fourth-order valence-corrected chi connectivity index (χ4v) is 1.90. The number of phenols is 1. The molecule has 1 aromatic carbocycles. The van der Waals surface area contributed by atoms with Gasteiger partial charge in [-0.1, -0.05) is 11.6 Å². The van der Waals surface area contributed by atoms with Gasteiger partial charge in [0.15, 0.2) is 0 Å². The number of aliphatic hydroxyl groups is 1. The van der Waals surface area contributed by atoms with E-state index in [1.54, 1.807) is 0 Å². The Hall–Kier alpha value is -0.720. The molecule has 0 atom stereocenters. The SMILES string of the molecule is Cc1ccc(O)c(C(O)(C(F)(F)Cl)C(F)(F)Cl)c1. The van der Waals surface area contributed by atoms with Gasteiger partial charge in [-0.05, 0) is 42.3 Å². The Labute approximate surface area is 110 Å². The zero-order valence-corrected chi connectivity index (χ0v) is 10.4. The van der Waals surface area contributed by atoms with Gasteiger partial charge in [-0.3, -0.25) is 0 Å². The Morgan fingerprint density at radius 2 is 1.50 bits per heavy atom. The molecule has 1 aromatic rings. The lowest BCUT2D eigenvalue weighted by Gasteiger charge is -2.35. The maximum absolute atomic E-state index is 13.1. The van der Waals surface area contributed by atoms with Crippen LogP contribution >= 0.6 is 23.2 Å². The van der Waals surface area contributed by atoms with Gasteiger partial charge in [0.05, 0.1) is 0 Å². The van der Waals surface area contributed by atoms with Crippen LogP contribution in [0.3, 0.4) is 0 Å². The van der Waals surface area contributed by atoms with Crippen molar-refractivity contribution in [2.75, 3.05) is 0 Å². The van der Waals surface area contributed by atoms with Crippen LogP contribution in [0.4, 0.5) is 17.6 Å². The number of hydrogen-bond donors (Lipinski definition) is 2. The number of hydrogen-bond acceptors (Lipinski definition) is 2. The average molecular weight is 307 g/mol. The fourth-order valence-electron chi connectivity index (χ4n) is 1.41. The average Bonchev–Trinajstić information content (AvgIpc) is 2.17. The first kappa shape index (κ1) is 15.3. The predicted molar refractivity (Wildman–Crippen MR) is 58.3 cm³/mol. The monoisotopic (exact) mass is 306 g/mol. The minimum Gasteiger partial charge on any atom is -0.508 e. The Bertz CT molecular complexity index is 440. The molecule has 0 amide bonds. The topological polar surface area (TPSA) is 40.5 Å². The van der Waals surface area contributed by atoms with E-state index in [4.69, 9.17) is 0 Å². The van der Waals surface area contributed by atoms with Crippen molar-refractivity contribution >= 4 is 23.2 Å². The van der Waals surface area contributed by atoms with Crippen LogP contribution in [0.5, 0.6) is 5.75 Å². The number of halogens is 6. The zero-order valence-electron chi connectivity index (χ0n) is 8.89. The molecule has 2 N–H and O–H groups in total. The molecule has 0 saturated heterocycles. The van der Waals surface area contributed by atoms with E-state index in [0.29, 0.717) is 0 Å². The van der Waals surface area contributed by atoms with Crippen molar-refractivity contribution in [2.45, 2.75) is 23.3 Å². The summed E-state index contributed by atoms with van der Waals surface area (Å²) in [4.78, 5) is 0. The van der Waals surface area contributed by atoms with Crippen LogP contribution in [0, 0.1) is 6.92 Å². The summed E-state index contributed by atoms with van der Waals surface area (Å²) in [5.74, 6) is -0.969. The van der Waals surface area contributed by atoms with Crippen molar-refractivity contribution in [1.82, 2.24) is 0 Å². The second kappa shape index (κ2) is 4.43. The molecule has 8 heteroatoms. The van der Waals surface area contributed by atoms with Gasteiger partial charge in [0.1, 0.15) is 5.75 Å². The summed E-state index contributed by atoms with van der Waals surface area (Å²) < 4.78 is 52.4. The molecule has 1 rings (SSSR count). The molecule has 0 saturated carbocycles. The van der Waals surface area contributed by atoms with Gasteiger partial charge in [0.2, 0.25) is 0 Å². The number of rotatable bonds is 3. The highest BCUT2D eigenvalue weighted by molar-refractivity contribution is 6.26. The third kappa shape index (κ3) is 2.37. The minimum atomic E-state index is -4.79. The molecule has 18 heavy (non-hydrogen) atoms. The van der Waals surface area contributed by atoms with Gasteiger partial charge >= 0.3 is 10.8 Å². The lowest BCUT2D eigenvalue weighted by atomic mass is 9.91. The first-order valence-electron chi connectivity index (χ1n) is 4.57. The van der Waals surface area contributed by atoms with Crippen molar-refractivity contribution < 1.29 is 27.8 Å². The number of alkyl halides is 6. The van der Waals surface area contributed by atoms with E-state index in [0.717, 1.165) is 12.1 Å². The highest BCUT2D eigenvalue weighted by Crippen LogP contribution is 2.54. The highest BCUT2D eigenvalue weighted by atomic mass is 35.5. The van der Waals surface area contributed by atoms with Crippen LogP contribution in [0.25, 0.3) is 0 Å². The summed E-state index contributed by atoms with van der Waals surface area (Å²) in [6.45, 7) is 1.39. The van der Waals surface area contributed by atoms with Gasteiger partial charge in [-0.15, -0.1) is 0 Å². The summed E-state index contributed by atoms with van der Waals surface area (Å²) in [6, 6.07) is 2.90. The molecule has 0 heterocycles. The number of aryl methyl sites for hydroxylation is 1. The largest absolute Gasteiger partial charge is 0.508 e. The van der Waals surface area contributed by atoms with E-state index in [9.17, 15) is 27.8 Å². The molecule has 0 aliphatic rings. The first-order chi connectivity index (χ1) is 7.91. The van der Waals surface area contributed by atoms with Gasteiger partial charge in [-0.2, -0.15) is 17.6 Å². The van der Waals surface area contributed by atoms with E-state index >= 15 is 0 Å². The first-order valence-corrected chi connectivity index (χ1v) is 5.33. The standard InChI is InChI=1S/C10H8Cl2F4O2/c1-5-2-3-7(17)6(4-5)8(18,9(11,13)14)10(12,15)16/h2-4,17-18H,1H3. The summed E-state index contributed by atoms with van der Waals surface area (Å²) >= 11 is 9.05. The molecule has 2 nitrogen and oxygen atoms in total. The smallest absolute Gasteiger partial charge is 0.361 e. The van der Waals surface area contributed by atoms with Gasteiger partial charge in [-0.25, -0.2) is 0 Å². The number of aromatic hydroxyl groups is 1. The lowest BCUT2D eigenvalue weighted by molar-refractivity contribution is -0.225. The van der Waals surface area contributed by atoms with Crippen LogP contribution in [0.15, 0.2) is 18.2 Å². The van der Waals surface area contributed by atoms with Crippen molar-refractivity contribution in [3.8, 4) is 5.75 Å². The van der Waals surface area contributed by atoms with Gasteiger partial charge in [0.25, 0.3) is 5.60 Å². The Balaban J connectivity index is 3.61. The van der Waals surface area contributed by atoms with E-state index < -0.39 is 27.7 Å². The van der Waals surface area contributed by atoms with Crippen molar-refractivity contribution in [3.05, 3.63) is 29.3 Å². The molecule has 0 aromatic heterocycles. The summed E-state index contributed by atoms with van der Waals surface area (Å²) in [6.07, 6.45) is 0. The Morgan fingerprint density at radius 3 is 1.89 bits per heavy atom. The van der Waals surface area contributed by atoms with Crippen LogP contribution < -0.4 is 0 Å². The Kier molecular flexibility index (Phi) is 3.78. The molecule has 0 aliphatic carbocycles. The van der Waals surface area contributed by atoms with Gasteiger partial charge < -0.3 is 10.2 Å². The van der Waals surface area contributed by atoms with E-state index in [2.05, 4.69) is 23.2 Å². The molecule has 0 aliphatic heterocycles. The third-order valence-corrected chi connectivity index (χ3v) is 2.91. The quantitative estimate of drug-likeness (QED) is 0.662. The van der Waals surface area contributed by atoms with Crippen LogP contribution in [-0.4, -0.2) is 21.0 Å². The number of benzene rings is 1. The molecule has 0 spiro atoms. The van der Waals surface area contributed by atoms with Crippen molar-refractivity contribution in [2.24, 2.45) is 0 Å². The van der Waals surface area contributed by atoms with Crippen LogP contribution in [0.2, 0.25) is 0 Å². The summed E-state index contributed by atoms with van der Waals surface area (Å²) in [7, 11) is 0. The highest BCUT2D eigenvalue weighted by Gasteiger charge is 2.68. The Morgan fingerprint density at radius 1 is 1.06 bits per heavy atom. The predicted octanol–water partition coefficient (Wildman–Crippen LogP) is 3.55. The van der Waals surface area contributed by atoms with Crippen molar-refractivity contribution in [3.63, 3.8) is 0 Å². The molecule has 0 radical (unpaired) electrons. The van der Waals surface area contributed by atoms with Crippen LogP contribution in [0.1, 0.15) is 11.1 Å². The second-order valence-electron chi connectivity index (χ2n) is 3.73. The normalized spacial score (nSPS) is 13.8. The molecule has 0 unspecified atom stereocenters. The second-order valence-corrected chi connectivity index (χ2v) is 4.68. The maximum atomic E-state index is 13.1.